The van der Waals surface area contributed by atoms with Crippen molar-refractivity contribution < 1.29 is 14.3 Å². The molecule has 0 radical (unpaired) electrons. The molecule has 0 aromatic heterocycles. The molecule has 1 aliphatic heterocycles. The van der Waals surface area contributed by atoms with E-state index in [4.69, 9.17) is 9.47 Å². The third kappa shape index (κ3) is 6.35. The summed E-state index contributed by atoms with van der Waals surface area (Å²) in [6, 6.07) is 11.5. The quantitative estimate of drug-likeness (QED) is 0.410. The normalized spacial score (nSPS) is 14.4. The molecule has 5 heteroatoms. The van der Waals surface area contributed by atoms with Crippen molar-refractivity contribution in [3.8, 4) is 11.5 Å². The van der Waals surface area contributed by atoms with Crippen LogP contribution in [0.4, 0.5) is 0 Å². The summed E-state index contributed by atoms with van der Waals surface area (Å²) in [5.74, 6) is 1.62. The minimum Gasteiger partial charge on any atom is -0.496 e. The number of para-hydroxylation sites is 1. The van der Waals surface area contributed by atoms with E-state index in [0.29, 0.717) is 12.2 Å². The van der Waals surface area contributed by atoms with Crippen LogP contribution in [0.15, 0.2) is 42.5 Å². The number of benzene rings is 2. The lowest BCUT2D eigenvalue weighted by atomic mass is 10.0. The van der Waals surface area contributed by atoms with E-state index in [9.17, 15) is 4.79 Å². The summed E-state index contributed by atoms with van der Waals surface area (Å²) in [4.78, 5) is 15.1. The van der Waals surface area contributed by atoms with Gasteiger partial charge in [0.05, 0.1) is 7.11 Å². The number of carbonyl (C=O) groups excluding carboxylic acids is 1. The van der Waals surface area contributed by atoms with Crippen molar-refractivity contribution in [2.45, 2.75) is 33.1 Å². The molecule has 3 rings (SSSR count). The van der Waals surface area contributed by atoms with Crippen LogP contribution in [0.3, 0.4) is 0 Å². The molecule has 0 amide bonds. The topological polar surface area (TPSA) is 38.8 Å². The first-order valence-electron chi connectivity index (χ1n) is 10.4. The van der Waals surface area contributed by atoms with E-state index in [2.05, 4.69) is 4.90 Å². The van der Waals surface area contributed by atoms with E-state index in [0.717, 1.165) is 34.7 Å². The van der Waals surface area contributed by atoms with Gasteiger partial charge in [0.1, 0.15) is 18.1 Å². The lowest BCUT2D eigenvalue weighted by molar-refractivity contribution is 0.104. The largest absolute Gasteiger partial charge is 0.496 e. The number of piperidine rings is 1. The first-order chi connectivity index (χ1) is 14.1. The van der Waals surface area contributed by atoms with Crippen LogP contribution in [-0.4, -0.2) is 44.0 Å². The van der Waals surface area contributed by atoms with Crippen molar-refractivity contribution in [3.05, 3.63) is 64.7 Å². The summed E-state index contributed by atoms with van der Waals surface area (Å²) >= 11 is 0. The number of likely N-dealkylation sites (tertiary alicyclic amines) is 1. The number of nitrogens with zero attached hydrogens (tertiary/aromatic N) is 1. The number of ether oxygens (including phenoxy) is 2. The van der Waals surface area contributed by atoms with Gasteiger partial charge in [-0.3, -0.25) is 9.69 Å². The number of methoxy groups -OCH3 is 1. The Hall–Kier alpha value is -2.30. The van der Waals surface area contributed by atoms with Crippen LogP contribution in [0.25, 0.3) is 6.08 Å². The Kier molecular flexibility index (Phi) is 9.41. The molecular formula is C25H32ClNO3. The Morgan fingerprint density at radius 1 is 1.07 bits per heavy atom. The summed E-state index contributed by atoms with van der Waals surface area (Å²) in [6.07, 6.45) is 7.32. The molecule has 2 aromatic carbocycles. The van der Waals surface area contributed by atoms with Gasteiger partial charge in [-0.15, -0.1) is 12.4 Å². The lowest BCUT2D eigenvalue weighted by Gasteiger charge is -2.26. The second kappa shape index (κ2) is 11.8. The number of allylic oxidation sites excluding steroid dienone is 1. The van der Waals surface area contributed by atoms with Crippen LogP contribution in [0.5, 0.6) is 11.5 Å². The highest BCUT2D eigenvalue weighted by molar-refractivity contribution is 6.07. The molecule has 0 spiro atoms. The summed E-state index contributed by atoms with van der Waals surface area (Å²) in [5, 5.41) is 0. The van der Waals surface area contributed by atoms with E-state index in [1.807, 2.05) is 50.2 Å². The molecule has 1 saturated heterocycles. The minimum absolute atomic E-state index is 0. The molecule has 0 N–H and O–H groups in total. The molecule has 162 valence electrons. The van der Waals surface area contributed by atoms with Crippen molar-refractivity contribution in [2.24, 2.45) is 0 Å². The maximum atomic E-state index is 12.7. The molecule has 30 heavy (non-hydrogen) atoms. The van der Waals surface area contributed by atoms with Crippen LogP contribution < -0.4 is 9.47 Å². The van der Waals surface area contributed by atoms with Crippen molar-refractivity contribution in [1.29, 1.82) is 0 Å². The average molecular weight is 430 g/mol. The predicted octanol–water partition coefficient (Wildman–Crippen LogP) is 5.49. The van der Waals surface area contributed by atoms with Gasteiger partial charge < -0.3 is 9.47 Å². The van der Waals surface area contributed by atoms with Gasteiger partial charge in [0.25, 0.3) is 0 Å². The summed E-state index contributed by atoms with van der Waals surface area (Å²) in [5.41, 5.74) is 3.55. The van der Waals surface area contributed by atoms with Crippen molar-refractivity contribution in [2.75, 3.05) is 33.4 Å². The third-order valence-electron chi connectivity index (χ3n) is 5.40. The van der Waals surface area contributed by atoms with E-state index < -0.39 is 0 Å². The number of halogens is 1. The first-order valence-corrected chi connectivity index (χ1v) is 10.4. The highest BCUT2D eigenvalue weighted by Crippen LogP contribution is 2.26. The van der Waals surface area contributed by atoms with Gasteiger partial charge in [-0.1, -0.05) is 24.6 Å². The zero-order valence-corrected chi connectivity index (χ0v) is 19.0. The van der Waals surface area contributed by atoms with Crippen LogP contribution in [-0.2, 0) is 0 Å². The van der Waals surface area contributed by atoms with Gasteiger partial charge in [0.15, 0.2) is 5.78 Å². The summed E-state index contributed by atoms with van der Waals surface area (Å²) in [6.45, 7) is 8.00. The number of aryl methyl sites for hydroxylation is 2. The van der Waals surface area contributed by atoms with Crippen molar-refractivity contribution in [1.82, 2.24) is 4.90 Å². The van der Waals surface area contributed by atoms with Gasteiger partial charge >= 0.3 is 0 Å². The number of hydrogen-bond donors (Lipinski definition) is 0. The fraction of sp³-hybridized carbons (Fsp3) is 0.400. The van der Waals surface area contributed by atoms with Crippen molar-refractivity contribution >= 4 is 24.3 Å². The van der Waals surface area contributed by atoms with Crippen molar-refractivity contribution in [3.63, 3.8) is 0 Å². The van der Waals surface area contributed by atoms with Gasteiger partial charge in [0.2, 0.25) is 0 Å². The Labute approximate surface area is 186 Å². The third-order valence-corrected chi connectivity index (χ3v) is 5.40. The van der Waals surface area contributed by atoms with E-state index >= 15 is 0 Å². The van der Waals surface area contributed by atoms with E-state index in [-0.39, 0.29) is 18.2 Å². The Bertz CT molecular complexity index is 849. The highest BCUT2D eigenvalue weighted by atomic mass is 35.5. The minimum atomic E-state index is -0.0260. The molecule has 0 aliphatic carbocycles. The SMILES string of the molecule is COc1ccccc1/C=C/C(=O)c1cc(C)c(OCCN2CCCCC2)c(C)c1.Cl. The molecule has 0 unspecified atom stereocenters. The second-order valence-corrected chi connectivity index (χ2v) is 7.63. The van der Waals surface area contributed by atoms with Crippen LogP contribution >= 0.6 is 12.4 Å². The standard InChI is InChI=1S/C25H31NO3.ClH/c1-19-17-22(23(27)12-11-21-9-5-6-10-24(21)28-3)18-20(2)25(19)29-16-15-26-13-7-4-8-14-26;/h5-6,9-12,17-18H,4,7-8,13-16H2,1-3H3;1H/b12-11+;. The smallest absolute Gasteiger partial charge is 0.185 e. The predicted molar refractivity (Wildman–Crippen MR) is 125 cm³/mol. The van der Waals surface area contributed by atoms with Gasteiger partial charge in [-0.25, -0.2) is 0 Å². The Morgan fingerprint density at radius 3 is 2.40 bits per heavy atom. The summed E-state index contributed by atoms with van der Waals surface area (Å²) < 4.78 is 11.4. The fourth-order valence-electron chi connectivity index (χ4n) is 3.85. The maximum Gasteiger partial charge on any atom is 0.185 e. The van der Waals surface area contributed by atoms with E-state index in [1.165, 1.54) is 32.4 Å². The molecule has 0 bridgehead atoms. The van der Waals surface area contributed by atoms with Gasteiger partial charge in [0, 0.05) is 17.7 Å². The van der Waals surface area contributed by atoms with Gasteiger partial charge in [-0.2, -0.15) is 0 Å². The first kappa shape index (κ1) is 24.0. The van der Waals surface area contributed by atoms with Crippen LogP contribution in [0.1, 0.15) is 46.3 Å². The highest BCUT2D eigenvalue weighted by Gasteiger charge is 2.13. The molecule has 1 fully saturated rings. The molecule has 1 heterocycles. The van der Waals surface area contributed by atoms with Crippen LogP contribution in [0.2, 0.25) is 0 Å². The molecule has 0 saturated carbocycles. The van der Waals surface area contributed by atoms with E-state index in [1.54, 1.807) is 19.3 Å². The zero-order chi connectivity index (χ0) is 20.6. The molecule has 4 nitrogen and oxygen atoms in total. The van der Waals surface area contributed by atoms with Gasteiger partial charge in [-0.05, 0) is 81.3 Å². The second-order valence-electron chi connectivity index (χ2n) is 7.63. The fourth-order valence-corrected chi connectivity index (χ4v) is 3.85. The van der Waals surface area contributed by atoms with Crippen LogP contribution in [0, 0.1) is 13.8 Å². The number of rotatable bonds is 8. The molecular weight excluding hydrogens is 398 g/mol. The Morgan fingerprint density at radius 2 is 1.73 bits per heavy atom. The molecule has 0 atom stereocenters. The number of carbonyl (C=O) groups is 1. The molecule has 1 aliphatic rings. The summed E-state index contributed by atoms with van der Waals surface area (Å²) in [7, 11) is 1.63. The maximum absolute atomic E-state index is 12.7. The average Bonchev–Trinajstić information content (AvgIpc) is 2.74. The number of ketones is 1. The lowest BCUT2D eigenvalue weighted by Crippen LogP contribution is -2.33. The number of hydrogen-bond acceptors (Lipinski definition) is 4. The Balaban J connectivity index is 0.00000320. The molecule has 2 aromatic rings. The zero-order valence-electron chi connectivity index (χ0n) is 18.1. The monoisotopic (exact) mass is 429 g/mol.